The van der Waals surface area contributed by atoms with Gasteiger partial charge in [-0.15, -0.1) is 0 Å². The van der Waals surface area contributed by atoms with E-state index in [0.717, 1.165) is 29.4 Å². The molecule has 2 fully saturated rings. The summed E-state index contributed by atoms with van der Waals surface area (Å²) in [6.45, 7) is 2.43. The molecular weight excluding hydrogens is 314 g/mol. The maximum absolute atomic E-state index is 5.80. The Morgan fingerprint density at radius 1 is 0.615 bits per heavy atom. The molecule has 138 valence electrons. The Balaban J connectivity index is 1.35. The number of nitrogens with two attached hydrogens (primary N) is 1. The minimum atomic E-state index is 0.772. The summed E-state index contributed by atoms with van der Waals surface area (Å²) in [7, 11) is 0. The number of benzene rings is 2. The summed E-state index contributed by atoms with van der Waals surface area (Å²) >= 11 is 0. The second-order valence-corrected chi connectivity index (χ2v) is 8.88. The Morgan fingerprint density at radius 2 is 1.08 bits per heavy atom. The van der Waals surface area contributed by atoms with E-state index >= 15 is 0 Å². The normalized spacial score (nSPS) is 29.4. The summed E-state index contributed by atoms with van der Waals surface area (Å²) in [6.07, 6.45) is 11.6. The lowest BCUT2D eigenvalue weighted by Crippen LogP contribution is -2.24. The van der Waals surface area contributed by atoms with Crippen LogP contribution in [0.15, 0.2) is 48.5 Å². The maximum Gasteiger partial charge on any atom is 0.0314 e. The third-order valence-corrected chi connectivity index (χ3v) is 7.13. The van der Waals surface area contributed by atoms with Gasteiger partial charge in [0, 0.05) is 5.69 Å². The van der Waals surface area contributed by atoms with Gasteiger partial charge in [0.05, 0.1) is 0 Å². The van der Waals surface area contributed by atoms with Crippen LogP contribution in [0, 0.1) is 17.8 Å². The summed E-state index contributed by atoms with van der Waals surface area (Å²) in [5, 5.41) is 0. The number of nitrogen functional groups attached to an aromatic ring is 1. The topological polar surface area (TPSA) is 26.0 Å². The summed E-state index contributed by atoms with van der Waals surface area (Å²) < 4.78 is 0. The molecule has 0 saturated heterocycles. The second kappa shape index (κ2) is 7.86. The van der Waals surface area contributed by atoms with Crippen LogP contribution in [0.3, 0.4) is 0 Å². The van der Waals surface area contributed by atoms with E-state index in [9.17, 15) is 0 Å². The molecule has 4 rings (SSSR count). The molecule has 0 unspecified atom stereocenters. The highest BCUT2D eigenvalue weighted by Gasteiger charge is 2.30. The zero-order chi connectivity index (χ0) is 17.9. The summed E-state index contributed by atoms with van der Waals surface area (Å²) in [6, 6.07) is 17.5. The average molecular weight is 348 g/mol. The fourth-order valence-corrected chi connectivity index (χ4v) is 5.30. The first-order valence-corrected chi connectivity index (χ1v) is 10.6. The van der Waals surface area contributed by atoms with Crippen LogP contribution >= 0.6 is 0 Å². The molecule has 26 heavy (non-hydrogen) atoms. The van der Waals surface area contributed by atoms with Crippen molar-refractivity contribution >= 4 is 5.69 Å². The van der Waals surface area contributed by atoms with Gasteiger partial charge in [-0.3, -0.25) is 0 Å². The van der Waals surface area contributed by atoms with Crippen molar-refractivity contribution in [1.29, 1.82) is 0 Å². The smallest absolute Gasteiger partial charge is 0.0314 e. The van der Waals surface area contributed by atoms with Gasteiger partial charge in [-0.25, -0.2) is 0 Å². The minimum absolute atomic E-state index is 0.772. The van der Waals surface area contributed by atoms with Crippen molar-refractivity contribution in [2.45, 2.75) is 64.2 Å². The molecule has 0 aliphatic heterocycles. The van der Waals surface area contributed by atoms with Gasteiger partial charge in [0.1, 0.15) is 0 Å². The lowest BCUT2D eigenvalue weighted by molar-refractivity contribution is 0.165. The highest BCUT2D eigenvalue weighted by atomic mass is 14.5. The zero-order valence-corrected chi connectivity index (χ0v) is 16.2. The molecule has 0 spiro atoms. The Kier molecular flexibility index (Phi) is 5.33. The third kappa shape index (κ3) is 3.98. The van der Waals surface area contributed by atoms with Crippen LogP contribution in [0.2, 0.25) is 0 Å². The van der Waals surface area contributed by atoms with Gasteiger partial charge in [0.2, 0.25) is 0 Å². The first-order chi connectivity index (χ1) is 12.7. The fraction of sp³-hybridized carbons (Fsp3) is 0.520. The monoisotopic (exact) mass is 347 g/mol. The quantitative estimate of drug-likeness (QED) is 0.592. The van der Waals surface area contributed by atoms with Gasteiger partial charge < -0.3 is 5.73 Å². The molecule has 1 heteroatoms. The maximum atomic E-state index is 5.80. The van der Waals surface area contributed by atoms with Crippen LogP contribution in [-0.4, -0.2) is 0 Å². The van der Waals surface area contributed by atoms with E-state index < -0.39 is 0 Å². The molecule has 0 heterocycles. The van der Waals surface area contributed by atoms with Gasteiger partial charge in [-0.1, -0.05) is 56.2 Å². The molecule has 0 bridgehead atoms. The summed E-state index contributed by atoms with van der Waals surface area (Å²) in [5.74, 6) is 3.78. The lowest BCUT2D eigenvalue weighted by atomic mass is 9.68. The predicted molar refractivity (Wildman–Crippen MR) is 112 cm³/mol. The van der Waals surface area contributed by atoms with Crippen molar-refractivity contribution in [3.63, 3.8) is 0 Å². The molecule has 0 amide bonds. The molecule has 0 aromatic heterocycles. The Labute approximate surface area is 159 Å². The van der Waals surface area contributed by atoms with Crippen LogP contribution in [0.1, 0.15) is 69.8 Å². The van der Waals surface area contributed by atoms with E-state index in [0.29, 0.717) is 0 Å². The van der Waals surface area contributed by atoms with Crippen molar-refractivity contribution in [2.24, 2.45) is 17.8 Å². The third-order valence-electron chi connectivity index (χ3n) is 7.13. The molecule has 2 aromatic rings. The molecule has 0 radical (unpaired) electrons. The van der Waals surface area contributed by atoms with Crippen molar-refractivity contribution < 1.29 is 0 Å². The molecule has 2 aliphatic carbocycles. The number of hydrogen-bond acceptors (Lipinski definition) is 1. The highest BCUT2D eigenvalue weighted by Crippen LogP contribution is 2.44. The SMILES string of the molecule is CC1CCC(C2CCC(c3ccc(-c4ccc(N)cc4)cc3)CC2)CC1. The van der Waals surface area contributed by atoms with Crippen molar-refractivity contribution in [3.8, 4) is 11.1 Å². The molecule has 2 N–H and O–H groups in total. The van der Waals surface area contributed by atoms with E-state index in [-0.39, 0.29) is 0 Å². The van der Waals surface area contributed by atoms with Gasteiger partial charge in [0.15, 0.2) is 0 Å². The van der Waals surface area contributed by atoms with E-state index in [1.165, 1.54) is 62.5 Å². The standard InChI is InChI=1S/C25H33N/c1-18-2-4-19(5-3-18)20-6-8-21(9-7-20)22-10-12-23(13-11-22)24-14-16-25(26)17-15-24/h10-21H,2-9,26H2,1H3. The lowest BCUT2D eigenvalue weighted by Gasteiger charge is -2.37. The van der Waals surface area contributed by atoms with Crippen LogP contribution in [-0.2, 0) is 0 Å². The van der Waals surface area contributed by atoms with Crippen LogP contribution < -0.4 is 5.73 Å². The molecular formula is C25H33N. The highest BCUT2D eigenvalue weighted by molar-refractivity contribution is 5.65. The van der Waals surface area contributed by atoms with Crippen molar-refractivity contribution in [2.75, 3.05) is 5.73 Å². The molecule has 2 aromatic carbocycles. The van der Waals surface area contributed by atoms with Crippen molar-refractivity contribution in [3.05, 3.63) is 54.1 Å². The van der Waals surface area contributed by atoms with Crippen LogP contribution in [0.5, 0.6) is 0 Å². The molecule has 2 saturated carbocycles. The Hall–Kier alpha value is -1.76. The summed E-state index contributed by atoms with van der Waals surface area (Å²) in [5.41, 5.74) is 10.7. The largest absolute Gasteiger partial charge is 0.399 e. The number of hydrogen-bond donors (Lipinski definition) is 1. The van der Waals surface area contributed by atoms with E-state index in [2.05, 4.69) is 43.3 Å². The molecule has 0 atom stereocenters. The van der Waals surface area contributed by atoms with Crippen molar-refractivity contribution in [1.82, 2.24) is 0 Å². The number of rotatable bonds is 3. The average Bonchev–Trinajstić information content (AvgIpc) is 2.70. The number of anilines is 1. The van der Waals surface area contributed by atoms with Gasteiger partial charge >= 0.3 is 0 Å². The van der Waals surface area contributed by atoms with E-state index in [1.807, 2.05) is 12.1 Å². The Bertz CT molecular complexity index is 684. The second-order valence-electron chi connectivity index (χ2n) is 8.88. The minimum Gasteiger partial charge on any atom is -0.399 e. The fourth-order valence-electron chi connectivity index (χ4n) is 5.30. The van der Waals surface area contributed by atoms with E-state index in [4.69, 9.17) is 5.73 Å². The van der Waals surface area contributed by atoms with Crippen LogP contribution in [0.4, 0.5) is 5.69 Å². The van der Waals surface area contributed by atoms with Crippen LogP contribution in [0.25, 0.3) is 11.1 Å². The Morgan fingerprint density at radius 3 is 1.62 bits per heavy atom. The molecule has 1 nitrogen and oxygen atoms in total. The van der Waals surface area contributed by atoms with E-state index in [1.54, 1.807) is 5.56 Å². The first kappa shape index (κ1) is 17.6. The first-order valence-electron chi connectivity index (χ1n) is 10.6. The van der Waals surface area contributed by atoms with Gasteiger partial charge in [-0.05, 0) is 91.0 Å². The predicted octanol–water partition coefficient (Wildman–Crippen LogP) is 7.04. The molecule has 2 aliphatic rings. The summed E-state index contributed by atoms with van der Waals surface area (Å²) in [4.78, 5) is 0. The van der Waals surface area contributed by atoms with Gasteiger partial charge in [0.25, 0.3) is 0 Å². The zero-order valence-electron chi connectivity index (χ0n) is 16.2. The van der Waals surface area contributed by atoms with Gasteiger partial charge in [-0.2, -0.15) is 0 Å².